The van der Waals surface area contributed by atoms with Crippen LogP contribution in [0.25, 0.3) is 0 Å². The number of nitrogens with one attached hydrogen (secondary N) is 1. The molecular weight excluding hydrogens is 262 g/mol. The van der Waals surface area contributed by atoms with Crippen molar-refractivity contribution < 1.29 is 13.9 Å². The lowest BCUT2D eigenvalue weighted by Crippen LogP contribution is -2.23. The SMILES string of the molecule is COc1cc(SC)ccc1C(=O)NCc1ccco1. The first kappa shape index (κ1) is 13.5. The maximum absolute atomic E-state index is 12.1. The van der Waals surface area contributed by atoms with Gasteiger partial charge in [-0.3, -0.25) is 4.79 Å². The van der Waals surface area contributed by atoms with Gasteiger partial charge in [0.25, 0.3) is 5.91 Å². The number of rotatable bonds is 5. The number of hydrogen-bond acceptors (Lipinski definition) is 4. The van der Waals surface area contributed by atoms with Crippen molar-refractivity contribution in [2.45, 2.75) is 11.4 Å². The lowest BCUT2D eigenvalue weighted by molar-refractivity contribution is 0.0945. The van der Waals surface area contributed by atoms with E-state index in [1.165, 1.54) is 0 Å². The van der Waals surface area contributed by atoms with Crippen LogP contribution < -0.4 is 10.1 Å². The lowest BCUT2D eigenvalue weighted by Gasteiger charge is -2.09. The van der Waals surface area contributed by atoms with Gasteiger partial charge in [-0.15, -0.1) is 11.8 Å². The highest BCUT2D eigenvalue weighted by molar-refractivity contribution is 7.98. The number of hydrogen-bond donors (Lipinski definition) is 1. The van der Waals surface area contributed by atoms with Crippen molar-refractivity contribution in [1.82, 2.24) is 5.32 Å². The molecular formula is C14H15NO3S. The molecule has 0 fully saturated rings. The maximum Gasteiger partial charge on any atom is 0.255 e. The van der Waals surface area contributed by atoms with E-state index in [0.717, 1.165) is 4.90 Å². The first-order valence-electron chi connectivity index (χ1n) is 5.77. The van der Waals surface area contributed by atoms with Gasteiger partial charge in [0.15, 0.2) is 0 Å². The van der Waals surface area contributed by atoms with Crippen LogP contribution in [0.1, 0.15) is 16.1 Å². The van der Waals surface area contributed by atoms with Crippen molar-refractivity contribution in [3.05, 3.63) is 47.9 Å². The number of carbonyl (C=O) groups is 1. The maximum atomic E-state index is 12.1. The molecule has 0 aliphatic heterocycles. The van der Waals surface area contributed by atoms with E-state index in [-0.39, 0.29) is 5.91 Å². The zero-order valence-corrected chi connectivity index (χ0v) is 11.6. The molecule has 4 nitrogen and oxygen atoms in total. The molecule has 100 valence electrons. The highest BCUT2D eigenvalue weighted by Gasteiger charge is 2.12. The normalized spacial score (nSPS) is 10.2. The predicted molar refractivity (Wildman–Crippen MR) is 74.7 cm³/mol. The number of furan rings is 1. The molecule has 0 unspecified atom stereocenters. The van der Waals surface area contributed by atoms with Crippen molar-refractivity contribution in [3.8, 4) is 5.75 Å². The number of methoxy groups -OCH3 is 1. The molecule has 0 spiro atoms. The van der Waals surface area contributed by atoms with E-state index in [4.69, 9.17) is 9.15 Å². The van der Waals surface area contributed by atoms with Crippen LogP contribution in [0.3, 0.4) is 0 Å². The highest BCUT2D eigenvalue weighted by Crippen LogP contribution is 2.25. The Labute approximate surface area is 116 Å². The Bertz CT molecular complexity index is 552. The fourth-order valence-corrected chi connectivity index (χ4v) is 2.09. The van der Waals surface area contributed by atoms with Gasteiger partial charge in [0.1, 0.15) is 11.5 Å². The Morgan fingerprint density at radius 3 is 2.89 bits per heavy atom. The molecule has 2 aromatic rings. The van der Waals surface area contributed by atoms with E-state index in [1.807, 2.05) is 24.5 Å². The smallest absolute Gasteiger partial charge is 0.255 e. The molecule has 2 rings (SSSR count). The molecule has 1 amide bonds. The van der Waals surface area contributed by atoms with Crippen LogP contribution in [0.5, 0.6) is 5.75 Å². The Hall–Kier alpha value is -1.88. The van der Waals surface area contributed by atoms with E-state index in [9.17, 15) is 4.79 Å². The summed E-state index contributed by atoms with van der Waals surface area (Å²) in [6, 6.07) is 9.12. The summed E-state index contributed by atoms with van der Waals surface area (Å²) in [4.78, 5) is 13.1. The summed E-state index contributed by atoms with van der Waals surface area (Å²) in [6.07, 6.45) is 3.56. The third kappa shape index (κ3) is 3.32. The zero-order valence-electron chi connectivity index (χ0n) is 10.8. The van der Waals surface area contributed by atoms with Gasteiger partial charge in [0.05, 0.1) is 25.5 Å². The summed E-state index contributed by atoms with van der Waals surface area (Å²) < 4.78 is 10.4. The van der Waals surface area contributed by atoms with Gasteiger partial charge in [0.2, 0.25) is 0 Å². The molecule has 1 aromatic carbocycles. The Morgan fingerprint density at radius 2 is 2.26 bits per heavy atom. The molecule has 5 heteroatoms. The number of thioether (sulfide) groups is 1. The fourth-order valence-electron chi connectivity index (χ4n) is 1.66. The molecule has 0 saturated carbocycles. The standard InChI is InChI=1S/C14H15NO3S/c1-17-13-8-11(19-2)5-6-12(13)14(16)15-9-10-4-3-7-18-10/h3-8H,9H2,1-2H3,(H,15,16). The first-order valence-corrected chi connectivity index (χ1v) is 6.99. The van der Waals surface area contributed by atoms with Crippen LogP contribution in [0, 0.1) is 0 Å². The van der Waals surface area contributed by atoms with Gasteiger partial charge in [-0.2, -0.15) is 0 Å². The van der Waals surface area contributed by atoms with Crippen molar-refractivity contribution in [1.29, 1.82) is 0 Å². The average Bonchev–Trinajstić information content (AvgIpc) is 2.97. The second-order valence-electron chi connectivity index (χ2n) is 3.83. The van der Waals surface area contributed by atoms with E-state index in [0.29, 0.717) is 23.6 Å². The van der Waals surface area contributed by atoms with Crippen LogP contribution in [0.4, 0.5) is 0 Å². The van der Waals surface area contributed by atoms with Gasteiger partial charge >= 0.3 is 0 Å². The fraction of sp³-hybridized carbons (Fsp3) is 0.214. The summed E-state index contributed by atoms with van der Waals surface area (Å²) in [5.41, 5.74) is 0.520. The van der Waals surface area contributed by atoms with Crippen LogP contribution in [-0.4, -0.2) is 19.3 Å². The van der Waals surface area contributed by atoms with Gasteiger partial charge < -0.3 is 14.5 Å². The molecule has 0 aliphatic rings. The summed E-state index contributed by atoms with van der Waals surface area (Å²) in [5, 5.41) is 2.79. The van der Waals surface area contributed by atoms with E-state index in [1.54, 1.807) is 37.3 Å². The second kappa shape index (κ2) is 6.33. The van der Waals surface area contributed by atoms with Crippen molar-refractivity contribution in [2.75, 3.05) is 13.4 Å². The quantitative estimate of drug-likeness (QED) is 0.854. The third-order valence-corrected chi connectivity index (χ3v) is 3.38. The largest absolute Gasteiger partial charge is 0.496 e. The second-order valence-corrected chi connectivity index (χ2v) is 4.71. The van der Waals surface area contributed by atoms with E-state index >= 15 is 0 Å². The van der Waals surface area contributed by atoms with Crippen LogP contribution in [-0.2, 0) is 6.54 Å². The number of benzene rings is 1. The average molecular weight is 277 g/mol. The van der Waals surface area contributed by atoms with Crippen molar-refractivity contribution >= 4 is 17.7 Å². The van der Waals surface area contributed by atoms with Crippen molar-refractivity contribution in [2.24, 2.45) is 0 Å². The Morgan fingerprint density at radius 1 is 1.42 bits per heavy atom. The minimum atomic E-state index is -0.180. The monoisotopic (exact) mass is 277 g/mol. The summed E-state index contributed by atoms with van der Waals surface area (Å²) in [5.74, 6) is 1.11. The van der Waals surface area contributed by atoms with E-state index < -0.39 is 0 Å². The van der Waals surface area contributed by atoms with E-state index in [2.05, 4.69) is 5.32 Å². The third-order valence-electron chi connectivity index (χ3n) is 2.66. The summed E-state index contributed by atoms with van der Waals surface area (Å²) >= 11 is 1.60. The molecule has 0 aliphatic carbocycles. The van der Waals surface area contributed by atoms with Gasteiger partial charge in [0, 0.05) is 4.90 Å². The zero-order chi connectivity index (χ0) is 13.7. The van der Waals surface area contributed by atoms with Gasteiger partial charge in [-0.1, -0.05) is 0 Å². The molecule has 0 radical (unpaired) electrons. The number of carbonyl (C=O) groups excluding carboxylic acids is 1. The first-order chi connectivity index (χ1) is 9.24. The molecule has 1 aromatic heterocycles. The summed E-state index contributed by atoms with van der Waals surface area (Å²) in [6.45, 7) is 0.360. The minimum Gasteiger partial charge on any atom is -0.496 e. The highest BCUT2D eigenvalue weighted by atomic mass is 32.2. The number of amides is 1. The van der Waals surface area contributed by atoms with Gasteiger partial charge in [-0.25, -0.2) is 0 Å². The molecule has 0 bridgehead atoms. The van der Waals surface area contributed by atoms with Crippen molar-refractivity contribution in [3.63, 3.8) is 0 Å². The molecule has 1 heterocycles. The minimum absolute atomic E-state index is 0.180. The predicted octanol–water partition coefficient (Wildman–Crippen LogP) is 2.94. The summed E-state index contributed by atoms with van der Waals surface area (Å²) in [7, 11) is 1.56. The topological polar surface area (TPSA) is 51.5 Å². The molecule has 0 saturated heterocycles. The van der Waals surface area contributed by atoms with Gasteiger partial charge in [-0.05, 0) is 36.6 Å². The lowest BCUT2D eigenvalue weighted by atomic mass is 10.2. The Kier molecular flexibility index (Phi) is 4.52. The Balaban J connectivity index is 2.09. The van der Waals surface area contributed by atoms with Crippen LogP contribution in [0.2, 0.25) is 0 Å². The molecule has 1 N–H and O–H groups in total. The van der Waals surface area contributed by atoms with Crippen LogP contribution in [0.15, 0.2) is 45.9 Å². The molecule has 19 heavy (non-hydrogen) atoms. The van der Waals surface area contributed by atoms with Crippen LogP contribution >= 0.6 is 11.8 Å². The number of ether oxygens (including phenoxy) is 1. The molecule has 0 atom stereocenters.